The van der Waals surface area contributed by atoms with Gasteiger partial charge >= 0.3 is 12.4 Å². The van der Waals surface area contributed by atoms with Gasteiger partial charge in [0.25, 0.3) is 0 Å². The Morgan fingerprint density at radius 1 is 1.11 bits per heavy atom. The fourth-order valence-corrected chi connectivity index (χ4v) is 1.58. The van der Waals surface area contributed by atoms with Crippen molar-refractivity contribution < 1.29 is 31.4 Å². The van der Waals surface area contributed by atoms with E-state index in [1.165, 1.54) is 0 Å². The maximum atomic E-state index is 12.5. The minimum atomic E-state index is -4.75. The average Bonchev–Trinajstić information content (AvgIpc) is 2.16. The molecule has 0 aliphatic carbocycles. The molecule has 0 radical (unpaired) electrons. The smallest absolute Gasteiger partial charge is 0.419 e. The highest BCUT2D eigenvalue weighted by molar-refractivity contribution is 5.38. The lowest BCUT2D eigenvalue weighted by Gasteiger charge is -2.19. The maximum Gasteiger partial charge on any atom is 0.419 e. The highest BCUT2D eigenvalue weighted by Crippen LogP contribution is 2.36. The molecule has 0 aliphatic heterocycles. The quantitative estimate of drug-likeness (QED) is 0.861. The van der Waals surface area contributed by atoms with Gasteiger partial charge in [0.15, 0.2) is 0 Å². The van der Waals surface area contributed by atoms with E-state index in [1.807, 2.05) is 0 Å². The van der Waals surface area contributed by atoms with E-state index < -0.39 is 30.2 Å². The molecule has 0 saturated carbocycles. The van der Waals surface area contributed by atoms with Crippen LogP contribution in [0.4, 0.5) is 26.3 Å². The van der Waals surface area contributed by atoms with E-state index in [0.717, 1.165) is 24.1 Å². The number of benzene rings is 1. The molecule has 0 aliphatic rings. The van der Waals surface area contributed by atoms with Gasteiger partial charge in [0.1, 0.15) is 5.75 Å². The molecule has 0 saturated heterocycles. The second kappa shape index (κ2) is 5.28. The van der Waals surface area contributed by atoms with Crippen molar-refractivity contribution in [3.8, 4) is 5.75 Å². The predicted molar refractivity (Wildman–Crippen MR) is 55.5 cm³/mol. The lowest BCUT2D eigenvalue weighted by atomic mass is 10.1. The van der Waals surface area contributed by atoms with Gasteiger partial charge in [0.05, 0.1) is 12.1 Å². The van der Waals surface area contributed by atoms with Gasteiger partial charge < -0.3 is 5.11 Å². The number of hydrogen-bond acceptors (Lipinski definition) is 2. The highest BCUT2D eigenvalue weighted by Gasteiger charge is 2.34. The van der Waals surface area contributed by atoms with Crippen molar-refractivity contribution in [2.45, 2.75) is 18.9 Å². The van der Waals surface area contributed by atoms with Crippen LogP contribution in [0, 0.1) is 0 Å². The molecule has 19 heavy (non-hydrogen) atoms. The third-order valence-corrected chi connectivity index (χ3v) is 2.27. The SMILES string of the molecule is CN(Cc1ccc(O)c(C(F)(F)F)c1)CC(F)(F)F. The molecule has 1 N–H and O–H groups in total. The number of halogens is 6. The topological polar surface area (TPSA) is 23.5 Å². The van der Waals surface area contributed by atoms with Crippen LogP contribution >= 0.6 is 0 Å². The third kappa shape index (κ3) is 4.98. The Kier molecular flexibility index (Phi) is 4.34. The number of phenolic OH excluding ortho intramolecular Hbond substituents is 1. The number of nitrogens with zero attached hydrogens (tertiary/aromatic N) is 1. The molecule has 2 nitrogen and oxygen atoms in total. The molecule has 1 rings (SSSR count). The zero-order chi connectivity index (χ0) is 14.8. The van der Waals surface area contributed by atoms with E-state index in [1.54, 1.807) is 0 Å². The predicted octanol–water partition coefficient (Wildman–Crippen LogP) is 3.41. The summed E-state index contributed by atoms with van der Waals surface area (Å²) < 4.78 is 73.7. The average molecular weight is 287 g/mol. The second-order valence-electron chi connectivity index (χ2n) is 4.14. The van der Waals surface area contributed by atoms with Crippen LogP contribution in [0.2, 0.25) is 0 Å². The molecule has 0 amide bonds. The lowest BCUT2D eigenvalue weighted by molar-refractivity contribution is -0.144. The molecule has 0 heterocycles. The maximum absolute atomic E-state index is 12.5. The summed E-state index contributed by atoms with van der Waals surface area (Å²) in [5, 5.41) is 9.08. The Bertz CT molecular complexity index is 440. The van der Waals surface area contributed by atoms with Crippen LogP contribution < -0.4 is 0 Å². The first kappa shape index (κ1) is 15.6. The molecule has 108 valence electrons. The van der Waals surface area contributed by atoms with Crippen molar-refractivity contribution in [3.63, 3.8) is 0 Å². The minimum Gasteiger partial charge on any atom is -0.507 e. The van der Waals surface area contributed by atoms with Gasteiger partial charge in [-0.25, -0.2) is 0 Å². The standard InChI is InChI=1S/C11H11F6NO/c1-18(6-10(12,13)14)5-7-2-3-9(19)8(4-7)11(15,16)17/h2-4,19H,5-6H2,1H3. The molecule has 1 aromatic rings. The first-order chi connectivity index (χ1) is 8.49. The normalized spacial score (nSPS) is 13.1. The summed E-state index contributed by atoms with van der Waals surface area (Å²) in [4.78, 5) is 0.840. The van der Waals surface area contributed by atoms with E-state index in [-0.39, 0.29) is 12.1 Å². The van der Waals surface area contributed by atoms with Crippen LogP contribution in [0.25, 0.3) is 0 Å². The van der Waals surface area contributed by atoms with E-state index in [2.05, 4.69) is 0 Å². The van der Waals surface area contributed by atoms with Gasteiger partial charge in [0, 0.05) is 6.54 Å². The van der Waals surface area contributed by atoms with Gasteiger partial charge in [0.2, 0.25) is 0 Å². The number of hydrogen-bond donors (Lipinski definition) is 1. The molecule has 0 bridgehead atoms. The number of alkyl halides is 6. The van der Waals surface area contributed by atoms with E-state index in [9.17, 15) is 26.3 Å². The van der Waals surface area contributed by atoms with Crippen molar-refractivity contribution in [3.05, 3.63) is 29.3 Å². The zero-order valence-corrected chi connectivity index (χ0v) is 9.81. The fraction of sp³-hybridized carbons (Fsp3) is 0.455. The molecular weight excluding hydrogens is 276 g/mol. The Morgan fingerprint density at radius 3 is 2.16 bits per heavy atom. The second-order valence-corrected chi connectivity index (χ2v) is 4.14. The Hall–Kier alpha value is -1.44. The van der Waals surface area contributed by atoms with Gasteiger partial charge in [-0.05, 0) is 24.7 Å². The van der Waals surface area contributed by atoms with Crippen LogP contribution in [0.3, 0.4) is 0 Å². The number of rotatable bonds is 3. The Morgan fingerprint density at radius 2 is 1.68 bits per heavy atom. The largest absolute Gasteiger partial charge is 0.507 e. The molecule has 0 unspecified atom stereocenters. The van der Waals surface area contributed by atoms with E-state index in [4.69, 9.17) is 5.11 Å². The monoisotopic (exact) mass is 287 g/mol. The van der Waals surface area contributed by atoms with E-state index >= 15 is 0 Å². The van der Waals surface area contributed by atoms with Gasteiger partial charge in [-0.15, -0.1) is 0 Å². The summed E-state index contributed by atoms with van der Waals surface area (Å²) in [5.41, 5.74) is -1.22. The summed E-state index contributed by atoms with van der Waals surface area (Å²) >= 11 is 0. The molecular formula is C11H11F6NO. The zero-order valence-electron chi connectivity index (χ0n) is 9.81. The van der Waals surface area contributed by atoms with Gasteiger partial charge in [-0.1, -0.05) is 6.07 Å². The summed E-state index contributed by atoms with van der Waals surface area (Å²) in [5.74, 6) is -0.949. The van der Waals surface area contributed by atoms with Crippen LogP contribution in [-0.4, -0.2) is 29.8 Å². The summed E-state index contributed by atoms with van der Waals surface area (Å²) in [6, 6.07) is 2.61. The third-order valence-electron chi connectivity index (χ3n) is 2.27. The van der Waals surface area contributed by atoms with Crippen LogP contribution in [-0.2, 0) is 12.7 Å². The fourth-order valence-electron chi connectivity index (χ4n) is 1.58. The highest BCUT2D eigenvalue weighted by atomic mass is 19.4. The van der Waals surface area contributed by atoms with Crippen LogP contribution in [0.15, 0.2) is 18.2 Å². The molecule has 8 heteroatoms. The first-order valence-electron chi connectivity index (χ1n) is 5.13. The Labute approximate surface area is 105 Å². The first-order valence-corrected chi connectivity index (χ1v) is 5.13. The van der Waals surface area contributed by atoms with Crippen molar-refractivity contribution >= 4 is 0 Å². The summed E-state index contributed by atoms with van der Waals surface area (Å²) in [6.45, 7) is -1.53. The van der Waals surface area contributed by atoms with Crippen LogP contribution in [0.1, 0.15) is 11.1 Å². The van der Waals surface area contributed by atoms with Gasteiger partial charge in [-0.3, -0.25) is 4.90 Å². The van der Waals surface area contributed by atoms with E-state index in [0.29, 0.717) is 6.07 Å². The molecule has 1 aromatic carbocycles. The van der Waals surface area contributed by atoms with Crippen molar-refractivity contribution in [1.82, 2.24) is 4.90 Å². The van der Waals surface area contributed by atoms with Crippen molar-refractivity contribution in [2.24, 2.45) is 0 Å². The van der Waals surface area contributed by atoms with Gasteiger partial charge in [-0.2, -0.15) is 26.3 Å². The van der Waals surface area contributed by atoms with Crippen molar-refractivity contribution in [1.29, 1.82) is 0 Å². The van der Waals surface area contributed by atoms with Crippen LogP contribution in [0.5, 0.6) is 5.75 Å². The summed E-state index contributed by atoms with van der Waals surface area (Å²) in [7, 11) is 1.15. The molecule has 0 aromatic heterocycles. The minimum absolute atomic E-state index is 0.0388. The molecule has 0 spiro atoms. The Balaban J connectivity index is 2.86. The lowest BCUT2D eigenvalue weighted by Crippen LogP contribution is -2.30. The summed E-state index contributed by atoms with van der Waals surface area (Å²) in [6.07, 6.45) is -9.17. The number of phenols is 1. The molecule has 0 atom stereocenters. The number of aromatic hydroxyl groups is 1. The van der Waals surface area contributed by atoms with Crippen molar-refractivity contribution in [2.75, 3.05) is 13.6 Å². The molecule has 0 fully saturated rings.